The average Bonchev–Trinajstić information content (AvgIpc) is 2.77. The lowest BCUT2D eigenvalue weighted by Crippen LogP contribution is -2.14. The van der Waals surface area contributed by atoms with Crippen molar-refractivity contribution in [1.29, 1.82) is 0 Å². The molecule has 106 valence electrons. The topological polar surface area (TPSA) is 51.2 Å². The van der Waals surface area contributed by atoms with Gasteiger partial charge in [-0.2, -0.15) is 0 Å². The molecule has 1 N–H and O–H groups in total. The zero-order valence-corrected chi connectivity index (χ0v) is 13.2. The van der Waals surface area contributed by atoms with Gasteiger partial charge in [0.05, 0.1) is 22.9 Å². The van der Waals surface area contributed by atoms with Gasteiger partial charge in [-0.3, -0.25) is 10.1 Å². The van der Waals surface area contributed by atoms with Gasteiger partial charge in [-0.15, -0.1) is 11.3 Å². The summed E-state index contributed by atoms with van der Waals surface area (Å²) in [5.74, 6) is -0.0310. The van der Waals surface area contributed by atoms with E-state index in [1.807, 2.05) is 19.2 Å². The van der Waals surface area contributed by atoms with Crippen LogP contribution in [0.4, 0.5) is 5.13 Å². The first-order valence-electron chi connectivity index (χ1n) is 5.86. The Morgan fingerprint density at radius 2 is 2.20 bits per heavy atom. The summed E-state index contributed by atoms with van der Waals surface area (Å²) in [5.41, 5.74) is 1.14. The molecule has 0 aliphatic heterocycles. The summed E-state index contributed by atoms with van der Waals surface area (Å²) in [6, 6.07) is 3.06. The van der Waals surface area contributed by atoms with Gasteiger partial charge in [-0.25, -0.2) is 4.98 Å². The molecular formula is C13H12Cl2N2O2S. The first-order valence-corrected chi connectivity index (χ1v) is 7.50. The van der Waals surface area contributed by atoms with Crippen LogP contribution < -0.4 is 10.1 Å². The molecule has 0 unspecified atom stereocenters. The maximum absolute atomic E-state index is 12.3. The van der Waals surface area contributed by atoms with Gasteiger partial charge in [-0.1, -0.05) is 23.2 Å². The summed E-state index contributed by atoms with van der Waals surface area (Å²) in [4.78, 5) is 16.5. The van der Waals surface area contributed by atoms with Crippen LogP contribution in [-0.4, -0.2) is 17.5 Å². The highest BCUT2D eigenvalue weighted by molar-refractivity contribution is 7.13. The van der Waals surface area contributed by atoms with Crippen molar-refractivity contribution >= 4 is 45.6 Å². The molecule has 0 aliphatic rings. The molecule has 2 rings (SSSR count). The third kappa shape index (κ3) is 3.42. The Bertz CT molecular complexity index is 643. The SMILES string of the molecule is CCOc1c(Cl)cc(Cl)cc1C(=O)Nc1nc(C)cs1. The molecule has 20 heavy (non-hydrogen) atoms. The Morgan fingerprint density at radius 1 is 1.45 bits per heavy atom. The number of nitrogens with one attached hydrogen (secondary N) is 1. The van der Waals surface area contributed by atoms with E-state index in [-0.39, 0.29) is 11.5 Å². The minimum absolute atomic E-state index is 0.289. The molecule has 1 aromatic heterocycles. The van der Waals surface area contributed by atoms with E-state index in [0.717, 1.165) is 5.69 Å². The lowest BCUT2D eigenvalue weighted by atomic mass is 10.2. The van der Waals surface area contributed by atoms with Gasteiger partial charge in [-0.05, 0) is 26.0 Å². The van der Waals surface area contributed by atoms with Crippen LogP contribution in [0.25, 0.3) is 0 Å². The number of thiazole rings is 1. The largest absolute Gasteiger partial charge is 0.491 e. The van der Waals surface area contributed by atoms with Gasteiger partial charge >= 0.3 is 0 Å². The number of anilines is 1. The number of rotatable bonds is 4. The van der Waals surface area contributed by atoms with E-state index in [1.165, 1.54) is 17.4 Å². The number of halogens is 2. The fourth-order valence-corrected chi connectivity index (χ4v) is 2.83. The Morgan fingerprint density at radius 3 is 2.80 bits per heavy atom. The quantitative estimate of drug-likeness (QED) is 0.903. The third-order valence-electron chi connectivity index (χ3n) is 2.38. The standard InChI is InChI=1S/C13H12Cl2N2O2S/c1-3-19-11-9(4-8(14)5-10(11)15)12(18)17-13-16-7(2)6-20-13/h4-6H,3H2,1-2H3,(H,16,17,18). The van der Waals surface area contributed by atoms with Crippen molar-refractivity contribution in [3.8, 4) is 5.75 Å². The highest BCUT2D eigenvalue weighted by atomic mass is 35.5. The average molecular weight is 331 g/mol. The van der Waals surface area contributed by atoms with Crippen molar-refractivity contribution in [2.24, 2.45) is 0 Å². The van der Waals surface area contributed by atoms with Gasteiger partial charge in [0.25, 0.3) is 5.91 Å². The van der Waals surface area contributed by atoms with Crippen molar-refractivity contribution in [3.63, 3.8) is 0 Å². The van der Waals surface area contributed by atoms with Crippen LogP contribution in [0, 0.1) is 6.92 Å². The number of aryl methyl sites for hydroxylation is 1. The van der Waals surface area contributed by atoms with Gasteiger partial charge in [0.15, 0.2) is 10.9 Å². The minimum Gasteiger partial charge on any atom is -0.491 e. The summed E-state index contributed by atoms with van der Waals surface area (Å²) in [6.45, 7) is 4.07. The molecule has 4 nitrogen and oxygen atoms in total. The number of aromatic nitrogens is 1. The molecule has 0 bridgehead atoms. The fraction of sp³-hybridized carbons (Fsp3) is 0.231. The molecule has 1 amide bonds. The lowest BCUT2D eigenvalue weighted by Gasteiger charge is -2.12. The molecule has 0 saturated heterocycles. The molecule has 0 fully saturated rings. The zero-order chi connectivity index (χ0) is 14.7. The van der Waals surface area contributed by atoms with Gasteiger partial charge < -0.3 is 4.74 Å². The van der Waals surface area contributed by atoms with Gasteiger partial charge in [0.1, 0.15) is 0 Å². The predicted octanol–water partition coefficient (Wildman–Crippen LogP) is 4.41. The molecule has 0 atom stereocenters. The number of carbonyl (C=O) groups is 1. The van der Waals surface area contributed by atoms with Crippen LogP contribution >= 0.6 is 34.5 Å². The second-order valence-corrected chi connectivity index (χ2v) is 5.65. The van der Waals surface area contributed by atoms with Crippen LogP contribution in [0.3, 0.4) is 0 Å². The summed E-state index contributed by atoms with van der Waals surface area (Å²) in [5, 5.41) is 5.75. The number of ether oxygens (including phenoxy) is 1. The smallest absolute Gasteiger partial charge is 0.261 e. The lowest BCUT2D eigenvalue weighted by molar-refractivity contribution is 0.102. The summed E-state index contributed by atoms with van der Waals surface area (Å²) < 4.78 is 5.42. The number of hydrogen-bond acceptors (Lipinski definition) is 4. The molecule has 7 heteroatoms. The second kappa shape index (κ2) is 6.43. The first kappa shape index (κ1) is 15.1. The van der Waals surface area contributed by atoms with E-state index >= 15 is 0 Å². The van der Waals surface area contributed by atoms with E-state index < -0.39 is 0 Å². The van der Waals surface area contributed by atoms with Crippen molar-refractivity contribution < 1.29 is 9.53 Å². The maximum Gasteiger partial charge on any atom is 0.261 e. The summed E-state index contributed by atoms with van der Waals surface area (Å²) in [7, 11) is 0. The van der Waals surface area contributed by atoms with Crippen molar-refractivity contribution in [3.05, 3.63) is 38.8 Å². The molecule has 1 aromatic carbocycles. The van der Waals surface area contributed by atoms with Crippen molar-refractivity contribution in [1.82, 2.24) is 4.98 Å². The molecule has 2 aromatic rings. The number of amides is 1. The Kier molecular flexibility index (Phi) is 4.86. The van der Waals surface area contributed by atoms with E-state index in [0.29, 0.717) is 27.5 Å². The number of carbonyl (C=O) groups excluding carboxylic acids is 1. The molecule has 0 radical (unpaired) electrons. The molecular weight excluding hydrogens is 319 g/mol. The van der Waals surface area contributed by atoms with E-state index in [1.54, 1.807) is 6.07 Å². The van der Waals surface area contributed by atoms with Crippen LogP contribution in [-0.2, 0) is 0 Å². The van der Waals surface area contributed by atoms with Gasteiger partial charge in [0.2, 0.25) is 0 Å². The number of hydrogen-bond donors (Lipinski definition) is 1. The highest BCUT2D eigenvalue weighted by Crippen LogP contribution is 2.33. The maximum atomic E-state index is 12.3. The summed E-state index contributed by atoms with van der Waals surface area (Å²) >= 11 is 13.4. The van der Waals surface area contributed by atoms with Gasteiger partial charge in [0, 0.05) is 10.4 Å². The van der Waals surface area contributed by atoms with Crippen LogP contribution in [0.5, 0.6) is 5.75 Å². The van der Waals surface area contributed by atoms with Crippen molar-refractivity contribution in [2.45, 2.75) is 13.8 Å². The summed E-state index contributed by atoms with van der Waals surface area (Å²) in [6.07, 6.45) is 0. The third-order valence-corrected chi connectivity index (χ3v) is 3.76. The Balaban J connectivity index is 2.32. The predicted molar refractivity (Wildman–Crippen MR) is 82.4 cm³/mol. The minimum atomic E-state index is -0.354. The molecule has 0 spiro atoms. The van der Waals surface area contributed by atoms with Crippen LogP contribution in [0.15, 0.2) is 17.5 Å². The Hall–Kier alpha value is -1.30. The molecule has 0 saturated carbocycles. The number of nitrogens with zero attached hydrogens (tertiary/aromatic N) is 1. The zero-order valence-electron chi connectivity index (χ0n) is 10.9. The highest BCUT2D eigenvalue weighted by Gasteiger charge is 2.18. The molecule has 1 heterocycles. The molecule has 0 aliphatic carbocycles. The number of benzene rings is 1. The fourth-order valence-electron chi connectivity index (χ4n) is 1.60. The second-order valence-electron chi connectivity index (χ2n) is 3.95. The Labute approximate surface area is 130 Å². The first-order chi connectivity index (χ1) is 9.51. The normalized spacial score (nSPS) is 10.4. The van der Waals surface area contributed by atoms with E-state index in [9.17, 15) is 4.79 Å². The van der Waals surface area contributed by atoms with Crippen LogP contribution in [0.2, 0.25) is 10.0 Å². The van der Waals surface area contributed by atoms with Crippen molar-refractivity contribution in [2.75, 3.05) is 11.9 Å². The van der Waals surface area contributed by atoms with E-state index in [4.69, 9.17) is 27.9 Å². The van der Waals surface area contributed by atoms with Crippen LogP contribution in [0.1, 0.15) is 23.0 Å². The van der Waals surface area contributed by atoms with E-state index in [2.05, 4.69) is 10.3 Å². The monoisotopic (exact) mass is 330 g/mol.